The topological polar surface area (TPSA) is 89.6 Å². The van der Waals surface area contributed by atoms with E-state index in [0.717, 1.165) is 32.1 Å². The molecule has 0 saturated heterocycles. The van der Waals surface area contributed by atoms with Crippen LogP contribution in [0.4, 0.5) is 0 Å². The van der Waals surface area contributed by atoms with Crippen LogP contribution >= 0.6 is 11.6 Å². The van der Waals surface area contributed by atoms with Gasteiger partial charge < -0.3 is 9.94 Å². The monoisotopic (exact) mass is 337 g/mol. The average Bonchev–Trinajstić information content (AvgIpc) is 2.48. The zero-order chi connectivity index (χ0) is 15.7. The van der Waals surface area contributed by atoms with Gasteiger partial charge in [0.1, 0.15) is 5.75 Å². The molecule has 0 aliphatic heterocycles. The van der Waals surface area contributed by atoms with E-state index >= 15 is 0 Å². The van der Waals surface area contributed by atoms with Crippen molar-refractivity contribution >= 4 is 52.9 Å². The molecule has 5 nitrogen and oxygen atoms in total. The Labute approximate surface area is 157 Å². The van der Waals surface area contributed by atoms with Crippen LogP contribution in [0.25, 0.3) is 0 Å². The summed E-state index contributed by atoms with van der Waals surface area (Å²) in [5, 5.41) is 10.1. The van der Waals surface area contributed by atoms with Crippen LogP contribution in [0.1, 0.15) is 55.3 Å². The first kappa shape index (κ1) is 21.4. The third-order valence-corrected chi connectivity index (χ3v) is 3.41. The summed E-state index contributed by atoms with van der Waals surface area (Å²) < 4.78 is 0. The Bertz CT molecular complexity index is 496. The van der Waals surface area contributed by atoms with Crippen molar-refractivity contribution in [2.24, 2.45) is 5.90 Å². The summed E-state index contributed by atoms with van der Waals surface area (Å²) in [7, 11) is 0. The maximum atomic E-state index is 11.9. The number of carbonyl (C=O) groups is 2. The van der Waals surface area contributed by atoms with Gasteiger partial charge in [0, 0.05) is 17.9 Å². The summed E-state index contributed by atoms with van der Waals surface area (Å²) in [5.74, 6) is 4.18. The number of ketones is 1. The van der Waals surface area contributed by atoms with Crippen LogP contribution in [-0.4, -0.2) is 46.4 Å². The third kappa shape index (κ3) is 8.15. The number of hydrogen-bond donors (Lipinski definition) is 2. The van der Waals surface area contributed by atoms with Crippen molar-refractivity contribution in [2.75, 3.05) is 0 Å². The number of phenolic OH excluding ortho intramolecular Hbond substituents is 1. The second-order valence-corrected chi connectivity index (χ2v) is 5.28. The van der Waals surface area contributed by atoms with Gasteiger partial charge >= 0.3 is 35.5 Å². The second-order valence-electron chi connectivity index (χ2n) is 4.84. The van der Waals surface area contributed by atoms with E-state index in [2.05, 4.69) is 4.84 Å². The number of nitrogens with two attached hydrogens (primary N) is 1. The zero-order valence-corrected chi connectivity index (χ0v) is 12.6. The second kappa shape index (κ2) is 11.9. The Kier molecular flexibility index (Phi) is 11.6. The summed E-state index contributed by atoms with van der Waals surface area (Å²) in [6, 6.07) is 4.45. The molecule has 1 aromatic rings. The summed E-state index contributed by atoms with van der Waals surface area (Å²) >= 11 is 5.81. The molecule has 0 atom stereocenters. The van der Waals surface area contributed by atoms with Crippen LogP contribution in [0.3, 0.4) is 0 Å². The molecule has 3 N–H and O–H groups in total. The van der Waals surface area contributed by atoms with E-state index in [4.69, 9.17) is 17.5 Å². The molecule has 7 heteroatoms. The van der Waals surface area contributed by atoms with Gasteiger partial charge in [0.25, 0.3) is 0 Å². The fourth-order valence-electron chi connectivity index (χ4n) is 2.01. The van der Waals surface area contributed by atoms with Crippen molar-refractivity contribution in [1.82, 2.24) is 0 Å². The van der Waals surface area contributed by atoms with Gasteiger partial charge in [0.15, 0.2) is 5.78 Å². The molecule has 0 bridgehead atoms. The maximum absolute atomic E-state index is 11.9. The minimum atomic E-state index is -0.401. The molecule has 0 unspecified atom stereocenters. The van der Waals surface area contributed by atoms with Gasteiger partial charge in [-0.15, -0.1) is 0 Å². The van der Waals surface area contributed by atoms with Gasteiger partial charge in [-0.25, -0.2) is 0 Å². The van der Waals surface area contributed by atoms with Crippen LogP contribution in [0.15, 0.2) is 18.2 Å². The summed E-state index contributed by atoms with van der Waals surface area (Å²) in [5.41, 5.74) is 0.271. The quantitative estimate of drug-likeness (QED) is 0.313. The number of benzene rings is 1. The number of unbranched alkanes of at least 4 members (excludes halogenated alkanes) is 4. The molecule has 118 valence electrons. The van der Waals surface area contributed by atoms with Crippen molar-refractivity contribution in [3.05, 3.63) is 28.8 Å². The first-order chi connectivity index (χ1) is 10.0. The molecule has 0 saturated carbocycles. The number of phenols is 1. The molecule has 22 heavy (non-hydrogen) atoms. The summed E-state index contributed by atoms with van der Waals surface area (Å²) in [4.78, 5) is 26.8. The predicted octanol–water partition coefficient (Wildman–Crippen LogP) is 2.73. The number of Topliss-reactive ketones (excluding diaryl/α,β-unsaturated/α-hetero) is 1. The van der Waals surface area contributed by atoms with Gasteiger partial charge in [-0.1, -0.05) is 30.9 Å². The SMILES string of the molecule is NOC(=O)CCCCCCCC(=O)c1cc(Cl)ccc1O.[NaH]. The summed E-state index contributed by atoms with van der Waals surface area (Å²) in [6.07, 6.45) is 4.90. The van der Waals surface area contributed by atoms with Gasteiger partial charge in [0.05, 0.1) is 5.56 Å². The van der Waals surface area contributed by atoms with Crippen molar-refractivity contribution in [3.63, 3.8) is 0 Å². The average molecular weight is 338 g/mol. The number of hydrogen-bond acceptors (Lipinski definition) is 5. The van der Waals surface area contributed by atoms with Crippen molar-refractivity contribution in [2.45, 2.75) is 44.9 Å². The molecule has 0 heterocycles. The van der Waals surface area contributed by atoms with E-state index in [-0.39, 0.29) is 46.7 Å². The molecule has 1 rings (SSSR count). The molecular weight excluding hydrogens is 317 g/mol. The van der Waals surface area contributed by atoms with Gasteiger partial charge in [-0.2, -0.15) is 5.90 Å². The minimum absolute atomic E-state index is 0. The molecule has 0 fully saturated rings. The van der Waals surface area contributed by atoms with E-state index in [1.165, 1.54) is 12.1 Å². The number of halogens is 1. The Hall–Kier alpha value is -0.590. The molecule has 1 aromatic carbocycles. The van der Waals surface area contributed by atoms with Gasteiger partial charge in [-0.05, 0) is 31.0 Å². The molecule has 0 aliphatic carbocycles. The Morgan fingerprint density at radius 2 is 1.68 bits per heavy atom. The van der Waals surface area contributed by atoms with E-state index < -0.39 is 5.97 Å². The van der Waals surface area contributed by atoms with Crippen LogP contribution < -0.4 is 5.90 Å². The van der Waals surface area contributed by atoms with E-state index in [0.29, 0.717) is 17.9 Å². The summed E-state index contributed by atoms with van der Waals surface area (Å²) in [6.45, 7) is 0. The van der Waals surface area contributed by atoms with Crippen molar-refractivity contribution in [1.29, 1.82) is 0 Å². The molecule has 0 amide bonds. The Balaban J connectivity index is 0.00000441. The van der Waals surface area contributed by atoms with E-state index in [1.807, 2.05) is 0 Å². The fourth-order valence-corrected chi connectivity index (χ4v) is 2.18. The number of carbonyl (C=O) groups excluding carboxylic acids is 2. The molecule has 0 spiro atoms. The number of aromatic hydroxyl groups is 1. The van der Waals surface area contributed by atoms with Crippen LogP contribution in [0, 0.1) is 0 Å². The Morgan fingerprint density at radius 3 is 2.32 bits per heavy atom. The first-order valence-corrected chi connectivity index (χ1v) is 7.33. The predicted molar refractivity (Wildman–Crippen MR) is 87.2 cm³/mol. The molecule has 0 aromatic heterocycles. The van der Waals surface area contributed by atoms with Gasteiger partial charge in [0.2, 0.25) is 0 Å². The third-order valence-electron chi connectivity index (χ3n) is 3.18. The van der Waals surface area contributed by atoms with E-state index in [9.17, 15) is 14.7 Å². The van der Waals surface area contributed by atoms with E-state index in [1.54, 1.807) is 6.07 Å². The molecule has 0 aliphatic rings. The molecular formula is C15H21ClNNaO4. The Morgan fingerprint density at radius 1 is 1.09 bits per heavy atom. The normalized spacial score (nSPS) is 9.91. The van der Waals surface area contributed by atoms with Crippen molar-refractivity contribution in [3.8, 4) is 5.75 Å². The first-order valence-electron chi connectivity index (χ1n) is 6.96. The van der Waals surface area contributed by atoms with Crippen LogP contribution in [-0.2, 0) is 9.63 Å². The van der Waals surface area contributed by atoms with Crippen LogP contribution in [0.2, 0.25) is 5.02 Å². The number of rotatable bonds is 9. The molecule has 0 radical (unpaired) electrons. The zero-order valence-electron chi connectivity index (χ0n) is 11.8. The fraction of sp³-hybridized carbons (Fsp3) is 0.467. The van der Waals surface area contributed by atoms with Gasteiger partial charge in [-0.3, -0.25) is 9.59 Å². The van der Waals surface area contributed by atoms with Crippen LogP contribution in [0.5, 0.6) is 5.75 Å². The standard InChI is InChI=1S/C15H20ClNO4.Na.H/c16-11-8-9-14(19)12(10-11)13(18)6-4-2-1-3-5-7-15(20)21-17;;/h8-10,19H,1-7,17H2;;. The van der Waals surface area contributed by atoms with Crippen molar-refractivity contribution < 1.29 is 19.5 Å².